The van der Waals surface area contributed by atoms with Crippen LogP contribution < -0.4 is 20.1 Å². The molecule has 0 atom stereocenters. The molecule has 0 radical (unpaired) electrons. The van der Waals surface area contributed by atoms with Gasteiger partial charge in [0, 0.05) is 22.2 Å². The average molecular weight is 424 g/mol. The summed E-state index contributed by atoms with van der Waals surface area (Å²) in [5.74, 6) is -0.721. The SMILES string of the molecule is COc1ccc(NC(=O)C(=O)NCc2ccc(C(=O)c3ccccc3)s2)cc1OC. The van der Waals surface area contributed by atoms with Crippen LogP contribution in [-0.4, -0.2) is 31.8 Å². The number of methoxy groups -OCH3 is 2. The first kappa shape index (κ1) is 21.1. The normalized spacial score (nSPS) is 10.2. The number of ether oxygens (including phenoxy) is 2. The van der Waals surface area contributed by atoms with E-state index in [0.717, 1.165) is 4.88 Å². The standard InChI is InChI=1S/C22H20N2O5S/c1-28-17-10-8-15(12-18(17)29-2)24-22(27)21(26)23-13-16-9-11-19(30-16)20(25)14-6-4-3-5-7-14/h3-12H,13H2,1-2H3,(H,23,26)(H,24,27). The van der Waals surface area contributed by atoms with E-state index in [1.807, 2.05) is 6.07 Å². The molecule has 30 heavy (non-hydrogen) atoms. The average Bonchev–Trinajstić information content (AvgIpc) is 3.26. The van der Waals surface area contributed by atoms with Gasteiger partial charge >= 0.3 is 11.8 Å². The summed E-state index contributed by atoms with van der Waals surface area (Å²) in [6, 6.07) is 17.2. The topological polar surface area (TPSA) is 93.7 Å². The lowest BCUT2D eigenvalue weighted by atomic mass is 10.1. The predicted molar refractivity (Wildman–Crippen MR) is 114 cm³/mol. The van der Waals surface area contributed by atoms with Crippen molar-refractivity contribution >= 4 is 34.6 Å². The molecule has 154 valence electrons. The van der Waals surface area contributed by atoms with Gasteiger partial charge in [0.25, 0.3) is 0 Å². The van der Waals surface area contributed by atoms with Crippen molar-refractivity contribution in [2.75, 3.05) is 19.5 Å². The molecule has 0 aliphatic heterocycles. The number of nitrogens with one attached hydrogen (secondary N) is 2. The van der Waals surface area contributed by atoms with Crippen molar-refractivity contribution in [3.8, 4) is 11.5 Å². The van der Waals surface area contributed by atoms with Crippen LogP contribution in [0.5, 0.6) is 11.5 Å². The van der Waals surface area contributed by atoms with E-state index >= 15 is 0 Å². The third-order valence-electron chi connectivity index (χ3n) is 4.19. The molecular formula is C22H20N2O5S. The Bertz CT molecular complexity index is 1060. The molecule has 2 aromatic carbocycles. The molecule has 0 saturated carbocycles. The number of amides is 2. The number of ketones is 1. The summed E-state index contributed by atoms with van der Waals surface area (Å²) in [6.07, 6.45) is 0. The number of carbonyl (C=O) groups excluding carboxylic acids is 3. The predicted octanol–water partition coefficient (Wildman–Crippen LogP) is 3.25. The van der Waals surface area contributed by atoms with Crippen LogP contribution in [0.15, 0.2) is 60.7 Å². The number of anilines is 1. The van der Waals surface area contributed by atoms with E-state index in [1.54, 1.807) is 54.6 Å². The summed E-state index contributed by atoms with van der Waals surface area (Å²) < 4.78 is 10.3. The zero-order chi connectivity index (χ0) is 21.5. The molecule has 1 aromatic heterocycles. The van der Waals surface area contributed by atoms with E-state index in [9.17, 15) is 14.4 Å². The second kappa shape index (κ2) is 9.71. The summed E-state index contributed by atoms with van der Waals surface area (Å²) in [6.45, 7) is 0.144. The van der Waals surface area contributed by atoms with Crippen LogP contribution in [-0.2, 0) is 16.1 Å². The molecule has 3 rings (SSSR count). The second-order valence-electron chi connectivity index (χ2n) is 6.17. The fourth-order valence-corrected chi connectivity index (χ4v) is 3.59. The highest BCUT2D eigenvalue weighted by Crippen LogP contribution is 2.29. The van der Waals surface area contributed by atoms with E-state index in [0.29, 0.717) is 27.6 Å². The maximum Gasteiger partial charge on any atom is 0.313 e. The zero-order valence-corrected chi connectivity index (χ0v) is 17.2. The number of carbonyl (C=O) groups is 3. The van der Waals surface area contributed by atoms with Gasteiger partial charge in [0.1, 0.15) is 0 Å². The molecule has 7 nitrogen and oxygen atoms in total. The molecule has 0 aliphatic carbocycles. The van der Waals surface area contributed by atoms with E-state index in [1.165, 1.54) is 25.6 Å². The van der Waals surface area contributed by atoms with Crippen LogP contribution >= 0.6 is 11.3 Å². The Morgan fingerprint density at radius 2 is 1.60 bits per heavy atom. The molecular weight excluding hydrogens is 404 g/mol. The van der Waals surface area contributed by atoms with Gasteiger partial charge in [-0.3, -0.25) is 14.4 Å². The Balaban J connectivity index is 1.56. The van der Waals surface area contributed by atoms with Gasteiger partial charge in [-0.1, -0.05) is 30.3 Å². The number of benzene rings is 2. The molecule has 0 aliphatic rings. The molecule has 2 N–H and O–H groups in total. The molecule has 0 fully saturated rings. The number of hydrogen-bond donors (Lipinski definition) is 2. The summed E-state index contributed by atoms with van der Waals surface area (Å²) in [5, 5.41) is 5.07. The molecule has 0 bridgehead atoms. The summed E-state index contributed by atoms with van der Waals surface area (Å²) in [5.41, 5.74) is 1.00. The monoisotopic (exact) mass is 424 g/mol. The first-order valence-corrected chi connectivity index (χ1v) is 9.83. The first-order valence-electron chi connectivity index (χ1n) is 9.01. The Labute approximate surface area is 177 Å². The van der Waals surface area contributed by atoms with Crippen molar-refractivity contribution in [2.24, 2.45) is 0 Å². The van der Waals surface area contributed by atoms with Gasteiger partial charge in [-0.25, -0.2) is 0 Å². The quantitative estimate of drug-likeness (QED) is 0.449. The lowest BCUT2D eigenvalue weighted by Gasteiger charge is -2.10. The van der Waals surface area contributed by atoms with Gasteiger partial charge in [-0.05, 0) is 24.3 Å². The van der Waals surface area contributed by atoms with Gasteiger partial charge in [0.2, 0.25) is 5.78 Å². The number of thiophene rings is 1. The molecule has 0 saturated heterocycles. The number of hydrogen-bond acceptors (Lipinski definition) is 6. The minimum atomic E-state index is -0.806. The van der Waals surface area contributed by atoms with Crippen molar-refractivity contribution in [1.29, 1.82) is 0 Å². The van der Waals surface area contributed by atoms with Gasteiger partial charge in [0.15, 0.2) is 11.5 Å². The number of rotatable bonds is 7. The Morgan fingerprint density at radius 3 is 2.30 bits per heavy atom. The van der Waals surface area contributed by atoms with Crippen LogP contribution in [0.3, 0.4) is 0 Å². The van der Waals surface area contributed by atoms with Crippen molar-refractivity contribution < 1.29 is 23.9 Å². The smallest absolute Gasteiger partial charge is 0.313 e. The molecule has 3 aromatic rings. The van der Waals surface area contributed by atoms with Crippen LogP contribution in [0, 0.1) is 0 Å². The third kappa shape index (κ3) is 5.03. The Morgan fingerprint density at radius 1 is 0.867 bits per heavy atom. The highest BCUT2D eigenvalue weighted by molar-refractivity contribution is 7.14. The fourth-order valence-electron chi connectivity index (χ4n) is 2.68. The minimum absolute atomic E-state index is 0.0793. The molecule has 2 amide bonds. The Kier molecular flexibility index (Phi) is 6.82. The highest BCUT2D eigenvalue weighted by Gasteiger charge is 2.16. The first-order chi connectivity index (χ1) is 14.5. The molecule has 0 spiro atoms. The van der Waals surface area contributed by atoms with E-state index < -0.39 is 11.8 Å². The van der Waals surface area contributed by atoms with Crippen LogP contribution in [0.25, 0.3) is 0 Å². The van der Waals surface area contributed by atoms with Gasteiger partial charge in [-0.15, -0.1) is 11.3 Å². The van der Waals surface area contributed by atoms with Gasteiger partial charge in [0.05, 0.1) is 25.6 Å². The fraction of sp³-hybridized carbons (Fsp3) is 0.136. The lowest BCUT2D eigenvalue weighted by Crippen LogP contribution is -2.34. The van der Waals surface area contributed by atoms with Gasteiger partial charge < -0.3 is 20.1 Å². The van der Waals surface area contributed by atoms with Crippen molar-refractivity contribution in [3.63, 3.8) is 0 Å². The zero-order valence-electron chi connectivity index (χ0n) is 16.4. The molecule has 1 heterocycles. The highest BCUT2D eigenvalue weighted by atomic mass is 32.1. The molecule has 0 unspecified atom stereocenters. The lowest BCUT2D eigenvalue weighted by molar-refractivity contribution is -0.136. The third-order valence-corrected chi connectivity index (χ3v) is 5.28. The van der Waals surface area contributed by atoms with E-state index in [4.69, 9.17) is 9.47 Å². The van der Waals surface area contributed by atoms with E-state index in [-0.39, 0.29) is 12.3 Å². The van der Waals surface area contributed by atoms with Crippen molar-refractivity contribution in [1.82, 2.24) is 5.32 Å². The summed E-state index contributed by atoms with van der Waals surface area (Å²) in [7, 11) is 2.99. The summed E-state index contributed by atoms with van der Waals surface area (Å²) >= 11 is 1.28. The van der Waals surface area contributed by atoms with Gasteiger partial charge in [-0.2, -0.15) is 0 Å². The van der Waals surface area contributed by atoms with Crippen LogP contribution in [0.2, 0.25) is 0 Å². The van der Waals surface area contributed by atoms with Crippen LogP contribution in [0.1, 0.15) is 20.1 Å². The maximum absolute atomic E-state index is 12.4. The second-order valence-corrected chi connectivity index (χ2v) is 7.34. The maximum atomic E-state index is 12.4. The van der Waals surface area contributed by atoms with Crippen molar-refractivity contribution in [3.05, 3.63) is 76.0 Å². The largest absolute Gasteiger partial charge is 0.493 e. The summed E-state index contributed by atoms with van der Waals surface area (Å²) in [4.78, 5) is 38.0. The molecule has 8 heteroatoms. The van der Waals surface area contributed by atoms with E-state index in [2.05, 4.69) is 10.6 Å². The van der Waals surface area contributed by atoms with Crippen molar-refractivity contribution in [2.45, 2.75) is 6.54 Å². The minimum Gasteiger partial charge on any atom is -0.493 e. The van der Waals surface area contributed by atoms with Crippen LogP contribution in [0.4, 0.5) is 5.69 Å². The Hall–Kier alpha value is -3.65.